The molecule has 33 heavy (non-hydrogen) atoms. The van der Waals surface area contributed by atoms with E-state index in [4.69, 9.17) is 12.3 Å². The van der Waals surface area contributed by atoms with Crippen molar-refractivity contribution in [1.29, 1.82) is 5.26 Å². The molecule has 3 rings (SSSR count). The summed E-state index contributed by atoms with van der Waals surface area (Å²) in [5, 5.41) is 20.0. The van der Waals surface area contributed by atoms with Crippen LogP contribution in [0.25, 0.3) is 4.85 Å². The van der Waals surface area contributed by atoms with E-state index in [1.165, 1.54) is 0 Å². The number of aromatic nitrogens is 1. The van der Waals surface area contributed by atoms with E-state index in [0.29, 0.717) is 58.9 Å². The molecule has 2 atom stereocenters. The van der Waals surface area contributed by atoms with Gasteiger partial charge in [-0.25, -0.2) is 9.83 Å². The molecule has 1 aliphatic heterocycles. The number of nitrogens with two attached hydrogens (primary N) is 1. The average molecular weight is 484 g/mol. The Morgan fingerprint density at radius 2 is 2.24 bits per heavy atom. The first-order chi connectivity index (χ1) is 15.6. The maximum absolute atomic E-state index is 12.6. The molecule has 0 radical (unpaired) electrons. The van der Waals surface area contributed by atoms with E-state index in [1.807, 2.05) is 11.8 Å². The van der Waals surface area contributed by atoms with Gasteiger partial charge in [0.15, 0.2) is 0 Å². The second kappa shape index (κ2) is 9.97. The third-order valence-corrected chi connectivity index (χ3v) is 8.32. The number of pyridine rings is 1. The van der Waals surface area contributed by atoms with Gasteiger partial charge in [-0.2, -0.15) is 5.26 Å². The van der Waals surface area contributed by atoms with E-state index < -0.39 is 24.4 Å². The maximum Gasteiger partial charge on any atom is 0.235 e. The van der Waals surface area contributed by atoms with Crippen LogP contribution in [0.15, 0.2) is 29.3 Å². The number of β-amino-alcohol motifs (C(OH)–C–C–N with tert-alkyl or cyclic N) is 1. The van der Waals surface area contributed by atoms with Gasteiger partial charge in [0.1, 0.15) is 29.3 Å². The molecular formula is C23H26N5O3PS. The van der Waals surface area contributed by atoms with Crippen molar-refractivity contribution in [3.05, 3.63) is 52.4 Å². The third-order valence-electron chi connectivity index (χ3n) is 5.54. The van der Waals surface area contributed by atoms with Gasteiger partial charge in [-0.1, -0.05) is 36.9 Å². The summed E-state index contributed by atoms with van der Waals surface area (Å²) in [6.45, 7) is 13.7. The number of amides is 1. The van der Waals surface area contributed by atoms with Crippen molar-refractivity contribution in [2.24, 2.45) is 5.73 Å². The molecule has 1 aliphatic rings. The molecule has 2 aromatic rings. The van der Waals surface area contributed by atoms with Gasteiger partial charge >= 0.3 is 0 Å². The number of aliphatic hydroxyl groups excluding tert-OH is 1. The number of aliphatic hydroxyl groups is 1. The number of anilines is 1. The standard InChI is InChI=1S/C23H26N5O3PS/c1-5-17-18(12-24)23(27-22(19(17)26-2)28-10-9-15(29)13-28)33-20(21(25)30)14-7-6-8-16(11-14)32(3,4)31/h6-8,11,15,20,29H,5,9-10,13H2,1,3-4H3,(H2,25,30)/t15-,20?/m0/s1. The molecule has 0 bridgehead atoms. The van der Waals surface area contributed by atoms with Gasteiger partial charge in [0.2, 0.25) is 11.6 Å². The molecule has 172 valence electrons. The molecular weight excluding hydrogens is 457 g/mol. The third kappa shape index (κ3) is 5.23. The second-order valence-corrected chi connectivity index (χ2v) is 12.6. The lowest BCUT2D eigenvalue weighted by Gasteiger charge is -2.23. The summed E-state index contributed by atoms with van der Waals surface area (Å²) in [6.07, 6.45) is 0.488. The lowest BCUT2D eigenvalue weighted by molar-refractivity contribution is -0.117. The van der Waals surface area contributed by atoms with Crippen LogP contribution in [-0.4, -0.2) is 48.5 Å². The Hall–Kier alpha value is -2.84. The van der Waals surface area contributed by atoms with E-state index in [1.54, 1.807) is 37.6 Å². The highest BCUT2D eigenvalue weighted by atomic mass is 32.2. The fourth-order valence-electron chi connectivity index (χ4n) is 3.83. The van der Waals surface area contributed by atoms with E-state index >= 15 is 0 Å². The van der Waals surface area contributed by atoms with Gasteiger partial charge < -0.3 is 20.3 Å². The summed E-state index contributed by atoms with van der Waals surface area (Å²) in [5.41, 5.74) is 7.42. The van der Waals surface area contributed by atoms with Crippen molar-refractivity contribution < 1.29 is 14.5 Å². The summed E-state index contributed by atoms with van der Waals surface area (Å²) in [5.74, 6) is -0.209. The van der Waals surface area contributed by atoms with Crippen molar-refractivity contribution in [2.45, 2.75) is 36.1 Å². The largest absolute Gasteiger partial charge is 0.391 e. The number of hydrogen-bond donors (Lipinski definition) is 2. The quantitative estimate of drug-likeness (QED) is 0.352. The zero-order valence-corrected chi connectivity index (χ0v) is 20.5. The minimum absolute atomic E-state index is 0.246. The number of hydrogen-bond acceptors (Lipinski definition) is 7. The molecule has 1 fully saturated rings. The van der Waals surface area contributed by atoms with Gasteiger partial charge in [0.05, 0.1) is 18.2 Å². The number of thioether (sulfide) groups is 1. The van der Waals surface area contributed by atoms with Gasteiger partial charge in [-0.05, 0) is 43.4 Å². The van der Waals surface area contributed by atoms with Crippen LogP contribution in [0, 0.1) is 17.9 Å². The number of rotatable bonds is 7. The Morgan fingerprint density at radius 1 is 1.52 bits per heavy atom. The van der Waals surface area contributed by atoms with Crippen LogP contribution in [-0.2, 0) is 15.8 Å². The van der Waals surface area contributed by atoms with Crippen LogP contribution in [0.4, 0.5) is 11.5 Å². The Bertz CT molecular complexity index is 1210. The zero-order valence-electron chi connectivity index (χ0n) is 18.8. The highest BCUT2D eigenvalue weighted by Gasteiger charge is 2.30. The van der Waals surface area contributed by atoms with Gasteiger partial charge in [-0.15, -0.1) is 0 Å². The van der Waals surface area contributed by atoms with E-state index in [2.05, 4.69) is 15.9 Å². The van der Waals surface area contributed by atoms with Crippen molar-refractivity contribution in [3.63, 3.8) is 0 Å². The molecule has 0 saturated carbocycles. The molecule has 3 N–H and O–H groups in total. The Balaban J connectivity index is 2.14. The minimum Gasteiger partial charge on any atom is -0.391 e. The predicted molar refractivity (Wildman–Crippen MR) is 131 cm³/mol. The highest BCUT2D eigenvalue weighted by Crippen LogP contribution is 2.43. The Kier molecular flexibility index (Phi) is 7.49. The molecule has 1 unspecified atom stereocenters. The van der Waals surface area contributed by atoms with Crippen molar-refractivity contribution >= 4 is 41.6 Å². The molecule has 2 heterocycles. The first-order valence-corrected chi connectivity index (χ1v) is 14.0. The van der Waals surface area contributed by atoms with Crippen LogP contribution < -0.4 is 15.9 Å². The number of carbonyl (C=O) groups is 1. The van der Waals surface area contributed by atoms with Crippen molar-refractivity contribution in [3.8, 4) is 6.07 Å². The molecule has 1 aromatic carbocycles. The lowest BCUT2D eigenvalue weighted by atomic mass is 10.1. The van der Waals surface area contributed by atoms with E-state index in [0.717, 1.165) is 11.8 Å². The zero-order chi connectivity index (χ0) is 24.3. The Morgan fingerprint density at radius 3 is 2.76 bits per heavy atom. The fraction of sp³-hybridized carbons (Fsp3) is 0.391. The van der Waals surface area contributed by atoms with Gasteiger partial charge in [0.25, 0.3) is 0 Å². The minimum atomic E-state index is -2.56. The van der Waals surface area contributed by atoms with Crippen LogP contribution in [0.2, 0.25) is 0 Å². The monoisotopic (exact) mass is 483 g/mol. The predicted octanol–water partition coefficient (Wildman–Crippen LogP) is 3.20. The molecule has 8 nitrogen and oxygen atoms in total. The topological polar surface area (TPSA) is 125 Å². The SMILES string of the molecule is [C-]#[N+]c1c(N2CC[C@H](O)C2)nc(SC(C(N)=O)c2cccc(P(C)(C)=O)c2)c(C#N)c1CC. The van der Waals surface area contributed by atoms with Crippen LogP contribution in [0.1, 0.15) is 35.3 Å². The molecule has 1 aromatic heterocycles. The molecule has 1 amide bonds. The number of benzene rings is 1. The summed E-state index contributed by atoms with van der Waals surface area (Å²) >= 11 is 1.05. The lowest BCUT2D eigenvalue weighted by Crippen LogP contribution is -2.24. The number of primary amides is 1. The molecule has 0 spiro atoms. The number of nitrogens with zero attached hydrogens (tertiary/aromatic N) is 4. The van der Waals surface area contributed by atoms with E-state index in [-0.39, 0.29) is 5.56 Å². The summed E-state index contributed by atoms with van der Waals surface area (Å²) in [7, 11) is -2.56. The smallest absolute Gasteiger partial charge is 0.235 e. The fourth-order valence-corrected chi connectivity index (χ4v) is 5.78. The molecule has 1 saturated heterocycles. The molecule has 0 aliphatic carbocycles. The number of nitriles is 1. The normalized spacial score (nSPS) is 16.8. The van der Waals surface area contributed by atoms with Crippen LogP contribution >= 0.6 is 18.9 Å². The van der Waals surface area contributed by atoms with E-state index in [9.17, 15) is 19.7 Å². The molecule has 10 heteroatoms. The summed E-state index contributed by atoms with van der Waals surface area (Å²) < 4.78 is 12.6. The summed E-state index contributed by atoms with van der Waals surface area (Å²) in [4.78, 5) is 22.6. The van der Waals surface area contributed by atoms with Gasteiger partial charge in [-0.3, -0.25) is 4.79 Å². The van der Waals surface area contributed by atoms with Crippen LogP contribution in [0.3, 0.4) is 0 Å². The maximum atomic E-state index is 12.6. The van der Waals surface area contributed by atoms with Crippen LogP contribution in [0.5, 0.6) is 0 Å². The highest BCUT2D eigenvalue weighted by molar-refractivity contribution is 8.00. The van der Waals surface area contributed by atoms with Crippen molar-refractivity contribution in [2.75, 3.05) is 31.3 Å². The Labute approximate surface area is 198 Å². The van der Waals surface area contributed by atoms with Crippen molar-refractivity contribution in [1.82, 2.24) is 4.98 Å². The second-order valence-electron chi connectivity index (χ2n) is 8.25. The van der Waals surface area contributed by atoms with Gasteiger partial charge in [0, 0.05) is 18.4 Å². The number of carbonyl (C=O) groups excluding carboxylic acids is 1. The first-order valence-electron chi connectivity index (χ1n) is 10.5. The first kappa shape index (κ1) is 24.8. The average Bonchev–Trinajstić information content (AvgIpc) is 3.21. The summed E-state index contributed by atoms with van der Waals surface area (Å²) in [6, 6.07) is 9.09.